The highest BCUT2D eigenvalue weighted by Gasteiger charge is 2.32. The molecule has 0 spiro atoms. The molecule has 0 aliphatic heterocycles. The van der Waals surface area contributed by atoms with Crippen LogP contribution in [0, 0.1) is 0 Å². The predicted octanol–water partition coefficient (Wildman–Crippen LogP) is 2.65. The van der Waals surface area contributed by atoms with Gasteiger partial charge in [-0.15, -0.1) is 11.3 Å². The Morgan fingerprint density at radius 3 is 2.82 bits per heavy atom. The van der Waals surface area contributed by atoms with Crippen molar-refractivity contribution < 1.29 is 0 Å². The smallest absolute Gasteiger partial charge is 0.191 e. The molecule has 1 aliphatic carbocycles. The topological polar surface area (TPSA) is 67.6 Å². The molecule has 0 atom stereocenters. The minimum atomic E-state index is -0.291. The van der Waals surface area contributed by atoms with Gasteiger partial charge in [0.25, 0.3) is 0 Å². The first-order chi connectivity index (χ1) is 8.28. The van der Waals surface area contributed by atoms with Crippen LogP contribution in [0.25, 0.3) is 10.7 Å². The fourth-order valence-corrected chi connectivity index (χ4v) is 3.08. The molecule has 5 heteroatoms. The number of nitrogens with one attached hydrogen (secondary N) is 1. The Morgan fingerprint density at radius 2 is 2.12 bits per heavy atom. The fourth-order valence-electron chi connectivity index (χ4n) is 2.42. The molecule has 2 aromatic rings. The zero-order chi connectivity index (χ0) is 11.7. The Labute approximate surface area is 104 Å². The second-order valence-electron chi connectivity index (χ2n) is 4.70. The van der Waals surface area contributed by atoms with E-state index in [-0.39, 0.29) is 5.54 Å². The van der Waals surface area contributed by atoms with Crippen molar-refractivity contribution in [3.05, 3.63) is 23.3 Å². The van der Waals surface area contributed by atoms with Crippen molar-refractivity contribution in [1.29, 1.82) is 0 Å². The summed E-state index contributed by atoms with van der Waals surface area (Å²) in [6.45, 7) is 0. The maximum atomic E-state index is 6.42. The lowest BCUT2D eigenvalue weighted by atomic mass is 9.82. The van der Waals surface area contributed by atoms with Crippen LogP contribution < -0.4 is 5.73 Å². The Morgan fingerprint density at radius 1 is 1.29 bits per heavy atom. The summed E-state index contributed by atoms with van der Waals surface area (Å²) in [7, 11) is 0. The molecule has 0 saturated heterocycles. The van der Waals surface area contributed by atoms with E-state index in [4.69, 9.17) is 5.73 Å². The molecule has 0 aromatic carbocycles. The van der Waals surface area contributed by atoms with Crippen LogP contribution in [0.2, 0.25) is 0 Å². The van der Waals surface area contributed by atoms with Crippen LogP contribution in [0.1, 0.15) is 37.9 Å². The summed E-state index contributed by atoms with van der Waals surface area (Å²) in [5.41, 5.74) is 6.13. The number of thiophene rings is 1. The molecule has 17 heavy (non-hydrogen) atoms. The minimum Gasteiger partial charge on any atom is -0.319 e. The van der Waals surface area contributed by atoms with Gasteiger partial charge in [0, 0.05) is 0 Å². The van der Waals surface area contributed by atoms with Crippen LogP contribution in [0.5, 0.6) is 0 Å². The second-order valence-corrected chi connectivity index (χ2v) is 5.65. The molecule has 0 amide bonds. The Hall–Kier alpha value is -1.20. The van der Waals surface area contributed by atoms with Gasteiger partial charge in [-0.05, 0) is 24.3 Å². The number of aromatic nitrogens is 3. The monoisotopic (exact) mass is 248 g/mol. The number of hydrogen-bond donors (Lipinski definition) is 2. The van der Waals surface area contributed by atoms with Crippen LogP contribution in [-0.2, 0) is 5.54 Å². The number of aromatic amines is 1. The minimum absolute atomic E-state index is 0.291. The van der Waals surface area contributed by atoms with E-state index in [1.54, 1.807) is 11.3 Å². The first kappa shape index (κ1) is 10.9. The molecule has 1 aliphatic rings. The first-order valence-corrected chi connectivity index (χ1v) is 6.92. The SMILES string of the molecule is NC1(c2nc(-c3cccs3)n[nH]2)CCCCC1. The van der Waals surface area contributed by atoms with E-state index in [1.165, 1.54) is 19.3 Å². The quantitative estimate of drug-likeness (QED) is 0.858. The van der Waals surface area contributed by atoms with E-state index >= 15 is 0 Å². The van der Waals surface area contributed by atoms with Crippen LogP contribution >= 0.6 is 11.3 Å². The summed E-state index contributed by atoms with van der Waals surface area (Å²) in [6, 6.07) is 4.04. The van der Waals surface area contributed by atoms with Crippen LogP contribution in [0.15, 0.2) is 17.5 Å². The lowest BCUT2D eigenvalue weighted by Gasteiger charge is -2.30. The van der Waals surface area contributed by atoms with E-state index < -0.39 is 0 Å². The van der Waals surface area contributed by atoms with Crippen molar-refractivity contribution >= 4 is 11.3 Å². The van der Waals surface area contributed by atoms with E-state index in [0.717, 1.165) is 29.4 Å². The number of nitrogens with zero attached hydrogens (tertiary/aromatic N) is 2. The van der Waals surface area contributed by atoms with E-state index in [0.29, 0.717) is 0 Å². The lowest BCUT2D eigenvalue weighted by Crippen LogP contribution is -2.39. The molecule has 4 nitrogen and oxygen atoms in total. The number of rotatable bonds is 2. The average Bonchev–Trinajstić information content (AvgIpc) is 3.01. The summed E-state index contributed by atoms with van der Waals surface area (Å²) in [4.78, 5) is 5.66. The largest absolute Gasteiger partial charge is 0.319 e. The maximum Gasteiger partial charge on any atom is 0.191 e. The Kier molecular flexibility index (Phi) is 2.72. The molecule has 0 unspecified atom stereocenters. The van der Waals surface area contributed by atoms with E-state index in [2.05, 4.69) is 15.2 Å². The summed E-state index contributed by atoms with van der Waals surface area (Å²) in [5, 5.41) is 9.33. The molecular formula is C12H16N4S. The fraction of sp³-hybridized carbons (Fsp3) is 0.500. The predicted molar refractivity (Wildman–Crippen MR) is 68.6 cm³/mol. The van der Waals surface area contributed by atoms with Gasteiger partial charge in [0.2, 0.25) is 0 Å². The number of H-pyrrole nitrogens is 1. The molecule has 0 radical (unpaired) electrons. The van der Waals surface area contributed by atoms with E-state index in [1.807, 2.05) is 17.5 Å². The molecule has 1 fully saturated rings. The summed E-state index contributed by atoms with van der Waals surface area (Å²) >= 11 is 1.65. The zero-order valence-electron chi connectivity index (χ0n) is 9.65. The standard InChI is InChI=1S/C12H16N4S/c13-12(6-2-1-3-7-12)11-14-10(15-16-11)9-5-4-8-17-9/h4-5,8H,1-3,6-7,13H2,(H,14,15,16). The first-order valence-electron chi connectivity index (χ1n) is 6.04. The van der Waals surface area contributed by atoms with Gasteiger partial charge in [-0.2, -0.15) is 5.10 Å². The van der Waals surface area contributed by atoms with Gasteiger partial charge in [0.05, 0.1) is 10.4 Å². The number of nitrogens with two attached hydrogens (primary N) is 1. The van der Waals surface area contributed by atoms with Gasteiger partial charge < -0.3 is 5.73 Å². The highest BCUT2D eigenvalue weighted by atomic mass is 32.1. The van der Waals surface area contributed by atoms with Crippen molar-refractivity contribution in [2.75, 3.05) is 0 Å². The third-order valence-corrected chi connectivity index (χ3v) is 4.31. The van der Waals surface area contributed by atoms with Crippen molar-refractivity contribution in [3.8, 4) is 10.7 Å². The summed E-state index contributed by atoms with van der Waals surface area (Å²) < 4.78 is 0. The van der Waals surface area contributed by atoms with Gasteiger partial charge in [-0.3, -0.25) is 5.10 Å². The molecule has 1 saturated carbocycles. The molecule has 3 rings (SSSR count). The highest BCUT2D eigenvalue weighted by Crippen LogP contribution is 2.33. The highest BCUT2D eigenvalue weighted by molar-refractivity contribution is 7.13. The van der Waals surface area contributed by atoms with Crippen LogP contribution in [0.3, 0.4) is 0 Å². The van der Waals surface area contributed by atoms with Crippen molar-refractivity contribution in [3.63, 3.8) is 0 Å². The Balaban J connectivity index is 1.89. The molecular weight excluding hydrogens is 232 g/mol. The van der Waals surface area contributed by atoms with Crippen molar-refractivity contribution in [2.24, 2.45) is 5.73 Å². The molecule has 3 N–H and O–H groups in total. The maximum absolute atomic E-state index is 6.42. The van der Waals surface area contributed by atoms with Gasteiger partial charge >= 0.3 is 0 Å². The molecule has 2 aromatic heterocycles. The summed E-state index contributed by atoms with van der Waals surface area (Å²) in [6.07, 6.45) is 5.67. The second kappa shape index (κ2) is 4.23. The van der Waals surface area contributed by atoms with Crippen molar-refractivity contribution in [2.45, 2.75) is 37.6 Å². The van der Waals surface area contributed by atoms with Crippen LogP contribution in [0.4, 0.5) is 0 Å². The van der Waals surface area contributed by atoms with Gasteiger partial charge in [-0.1, -0.05) is 25.3 Å². The Bertz CT molecular complexity index is 482. The summed E-state index contributed by atoms with van der Waals surface area (Å²) in [5.74, 6) is 1.62. The number of hydrogen-bond acceptors (Lipinski definition) is 4. The van der Waals surface area contributed by atoms with Crippen molar-refractivity contribution in [1.82, 2.24) is 15.2 Å². The molecule has 0 bridgehead atoms. The average molecular weight is 248 g/mol. The van der Waals surface area contributed by atoms with Gasteiger partial charge in [0.15, 0.2) is 5.82 Å². The normalized spacial score (nSPS) is 19.4. The third-order valence-electron chi connectivity index (χ3n) is 3.44. The lowest BCUT2D eigenvalue weighted by molar-refractivity contribution is 0.288. The zero-order valence-corrected chi connectivity index (χ0v) is 10.5. The van der Waals surface area contributed by atoms with E-state index in [9.17, 15) is 0 Å². The van der Waals surface area contributed by atoms with Gasteiger partial charge in [0.1, 0.15) is 5.82 Å². The molecule has 90 valence electrons. The third kappa shape index (κ3) is 2.00. The van der Waals surface area contributed by atoms with Crippen LogP contribution in [-0.4, -0.2) is 15.2 Å². The van der Waals surface area contributed by atoms with Gasteiger partial charge in [-0.25, -0.2) is 4.98 Å². The molecule has 2 heterocycles.